The van der Waals surface area contributed by atoms with Crippen LogP contribution in [-0.4, -0.2) is 5.66 Å². The quantitative estimate of drug-likeness (QED) is 0.375. The molecule has 0 amide bonds. The van der Waals surface area contributed by atoms with Gasteiger partial charge in [0.25, 0.3) is 0 Å². The molecule has 0 heterocycles. The minimum Gasteiger partial charge on any atom is -0.275 e. The maximum atomic E-state index is 11.4. The van der Waals surface area contributed by atoms with E-state index in [1.165, 1.54) is 38.5 Å². The molecule has 0 radical (unpaired) electrons. The maximum Gasteiger partial charge on any atom is 0.158 e. The summed E-state index contributed by atoms with van der Waals surface area (Å²) in [5.74, 6) is 2.91. The van der Waals surface area contributed by atoms with Crippen LogP contribution in [0.5, 0.6) is 0 Å². The second-order valence-corrected chi connectivity index (χ2v) is 10.9. The predicted molar refractivity (Wildman–Crippen MR) is 111 cm³/mol. The van der Waals surface area contributed by atoms with Gasteiger partial charge in [-0.05, 0) is 86.4 Å². The molecule has 26 heavy (non-hydrogen) atoms. The van der Waals surface area contributed by atoms with Crippen molar-refractivity contribution in [1.82, 2.24) is 0 Å². The van der Waals surface area contributed by atoms with Gasteiger partial charge in [-0.25, -0.2) is 0 Å². The molecule has 7 atom stereocenters. The Bertz CT molecular complexity index is 674. The van der Waals surface area contributed by atoms with Crippen molar-refractivity contribution in [2.75, 3.05) is 0 Å². The van der Waals surface area contributed by atoms with Gasteiger partial charge in [0.1, 0.15) is 0 Å². The summed E-state index contributed by atoms with van der Waals surface area (Å²) in [5.41, 5.74) is 4.65. The highest BCUT2D eigenvalue weighted by molar-refractivity contribution is 7.24. The van der Waals surface area contributed by atoms with E-state index in [4.69, 9.17) is 0 Å². The van der Waals surface area contributed by atoms with Gasteiger partial charge in [0, 0.05) is 5.66 Å². The van der Waals surface area contributed by atoms with Crippen LogP contribution >= 0.6 is 8.46 Å². The lowest BCUT2D eigenvalue weighted by molar-refractivity contribution is 0.0491. The summed E-state index contributed by atoms with van der Waals surface area (Å²) in [5, 5.41) is 0. The van der Waals surface area contributed by atoms with Crippen molar-refractivity contribution in [3.8, 4) is 0 Å². The standard InChI is InChI=1S/C24H35OP/c1-5-6-16(2)20-9-10-21-19-8-7-17-15-18(26-25)11-13-23(17,3)22(19)12-14-24(20,21)4/h5-6,9,12,16-19,21H,7-8,10-11,13-15H2,1-4H3/t16-,17-,18-,19+,21+,23+,24-/m1/s1. The lowest BCUT2D eigenvalue weighted by Crippen LogP contribution is -2.47. The summed E-state index contributed by atoms with van der Waals surface area (Å²) in [6, 6.07) is 0. The first-order chi connectivity index (χ1) is 12.4. The average molecular weight is 371 g/mol. The fraction of sp³-hybridized carbons (Fsp3) is 0.750. The molecular weight excluding hydrogens is 335 g/mol. The molecule has 0 aromatic carbocycles. The van der Waals surface area contributed by atoms with Crippen molar-refractivity contribution < 1.29 is 4.57 Å². The van der Waals surface area contributed by atoms with Gasteiger partial charge in [-0.15, -0.1) is 0 Å². The highest BCUT2D eigenvalue weighted by Gasteiger charge is 2.55. The van der Waals surface area contributed by atoms with Gasteiger partial charge in [-0.3, -0.25) is 4.57 Å². The van der Waals surface area contributed by atoms with Gasteiger partial charge in [0.15, 0.2) is 8.46 Å². The zero-order valence-electron chi connectivity index (χ0n) is 17.0. The molecule has 0 bridgehead atoms. The largest absolute Gasteiger partial charge is 0.275 e. The Morgan fingerprint density at radius 1 is 1.19 bits per heavy atom. The monoisotopic (exact) mass is 370 g/mol. The minimum absolute atomic E-state index is 0.362. The number of hydrogen-bond donors (Lipinski definition) is 0. The van der Waals surface area contributed by atoms with Gasteiger partial charge in [-0.2, -0.15) is 0 Å². The highest BCUT2D eigenvalue weighted by Crippen LogP contribution is 2.65. The molecule has 1 nitrogen and oxygen atoms in total. The molecule has 4 aliphatic rings. The zero-order valence-corrected chi connectivity index (χ0v) is 17.9. The third kappa shape index (κ3) is 2.64. The second kappa shape index (κ2) is 6.73. The Kier molecular flexibility index (Phi) is 4.84. The summed E-state index contributed by atoms with van der Waals surface area (Å²) < 4.78 is 11.4. The molecule has 2 fully saturated rings. The summed E-state index contributed by atoms with van der Waals surface area (Å²) in [4.78, 5) is 0. The van der Waals surface area contributed by atoms with Gasteiger partial charge in [-0.1, -0.05) is 56.2 Å². The molecule has 0 N–H and O–H groups in total. The van der Waals surface area contributed by atoms with Crippen LogP contribution in [0.2, 0.25) is 0 Å². The second-order valence-electron chi connectivity index (χ2n) is 9.93. The molecule has 0 unspecified atom stereocenters. The van der Waals surface area contributed by atoms with E-state index in [0.717, 1.165) is 24.2 Å². The lowest BCUT2D eigenvalue weighted by atomic mass is 9.48. The van der Waals surface area contributed by atoms with Crippen molar-refractivity contribution in [2.45, 2.75) is 78.3 Å². The molecule has 4 aliphatic carbocycles. The Labute approximate surface area is 161 Å². The van der Waals surface area contributed by atoms with Gasteiger partial charge < -0.3 is 0 Å². The fourth-order valence-corrected chi connectivity index (χ4v) is 7.89. The molecule has 4 rings (SSSR count). The molecule has 0 aliphatic heterocycles. The van der Waals surface area contributed by atoms with E-state index in [1.807, 2.05) is 0 Å². The zero-order chi connectivity index (χ0) is 18.5. The van der Waals surface area contributed by atoms with Crippen LogP contribution in [0.1, 0.15) is 72.6 Å². The lowest BCUT2D eigenvalue weighted by Gasteiger charge is -2.56. The van der Waals surface area contributed by atoms with Crippen LogP contribution in [0.3, 0.4) is 0 Å². The van der Waals surface area contributed by atoms with Crippen molar-refractivity contribution in [2.24, 2.45) is 34.5 Å². The van der Waals surface area contributed by atoms with E-state index in [2.05, 4.69) is 52.0 Å². The number of allylic oxidation sites excluding steroid dienone is 6. The summed E-state index contributed by atoms with van der Waals surface area (Å²) in [6.07, 6.45) is 18.6. The van der Waals surface area contributed by atoms with Gasteiger partial charge >= 0.3 is 0 Å². The molecule has 142 valence electrons. The van der Waals surface area contributed by atoms with Gasteiger partial charge in [0.2, 0.25) is 0 Å². The summed E-state index contributed by atoms with van der Waals surface area (Å²) in [7, 11) is 0.386. The van der Waals surface area contributed by atoms with Crippen molar-refractivity contribution in [3.63, 3.8) is 0 Å². The number of hydrogen-bond acceptors (Lipinski definition) is 1. The van der Waals surface area contributed by atoms with Crippen LogP contribution in [-0.2, 0) is 4.57 Å². The van der Waals surface area contributed by atoms with Crippen LogP contribution in [0.4, 0.5) is 0 Å². The highest BCUT2D eigenvalue weighted by atomic mass is 31.1. The van der Waals surface area contributed by atoms with E-state index < -0.39 is 0 Å². The molecular formula is C24H35OP. The van der Waals surface area contributed by atoms with Crippen molar-refractivity contribution in [1.29, 1.82) is 0 Å². The fourth-order valence-electron chi connectivity index (χ4n) is 7.31. The third-order valence-corrected chi connectivity index (χ3v) is 9.53. The molecule has 0 spiro atoms. The van der Waals surface area contributed by atoms with Crippen LogP contribution in [0.15, 0.2) is 35.5 Å². The first-order valence-corrected chi connectivity index (χ1v) is 11.7. The van der Waals surface area contributed by atoms with Crippen LogP contribution in [0, 0.1) is 34.5 Å². The van der Waals surface area contributed by atoms with E-state index in [-0.39, 0.29) is 0 Å². The molecule has 0 saturated heterocycles. The first-order valence-electron chi connectivity index (χ1n) is 10.8. The van der Waals surface area contributed by atoms with Crippen LogP contribution in [0.25, 0.3) is 0 Å². The summed E-state index contributed by atoms with van der Waals surface area (Å²) >= 11 is 0. The summed E-state index contributed by atoms with van der Waals surface area (Å²) in [6.45, 7) is 9.61. The molecule has 2 saturated carbocycles. The minimum atomic E-state index is 0.362. The number of fused-ring (bicyclic) bond motifs is 5. The van der Waals surface area contributed by atoms with Crippen LogP contribution < -0.4 is 0 Å². The Morgan fingerprint density at radius 2 is 2.00 bits per heavy atom. The van der Waals surface area contributed by atoms with Crippen molar-refractivity contribution in [3.05, 3.63) is 35.5 Å². The molecule has 2 heteroatoms. The van der Waals surface area contributed by atoms with E-state index in [1.54, 1.807) is 11.1 Å². The predicted octanol–water partition coefficient (Wildman–Crippen LogP) is 7.36. The first kappa shape index (κ1) is 18.7. The number of rotatable bonds is 3. The molecule has 0 aromatic rings. The Morgan fingerprint density at radius 3 is 2.73 bits per heavy atom. The average Bonchev–Trinajstić information content (AvgIpc) is 2.98. The molecule has 0 aromatic heterocycles. The Hall–Kier alpha value is -0.680. The SMILES string of the molecule is CC=C[C@@H](C)C1=CC[C@H]2[C@@H]3CC[C@@H]4C[C@H](P=O)CC[C@]4(C)C3=CC[C@]12C. The Balaban J connectivity index is 1.63. The van der Waals surface area contributed by atoms with Gasteiger partial charge in [0.05, 0.1) is 0 Å². The third-order valence-electron chi connectivity index (χ3n) is 8.76. The maximum absolute atomic E-state index is 11.4. The van der Waals surface area contributed by atoms with E-state index >= 15 is 0 Å². The topological polar surface area (TPSA) is 17.1 Å². The van der Waals surface area contributed by atoms with E-state index in [0.29, 0.717) is 30.9 Å². The van der Waals surface area contributed by atoms with E-state index in [9.17, 15) is 4.57 Å². The smallest absolute Gasteiger partial charge is 0.158 e. The van der Waals surface area contributed by atoms with Crippen molar-refractivity contribution >= 4 is 8.46 Å². The normalized spacial score (nSPS) is 46.3.